The van der Waals surface area contributed by atoms with Crippen molar-refractivity contribution in [3.05, 3.63) is 70.8 Å². The smallest absolute Gasteiger partial charge is 0.229 e. The van der Waals surface area contributed by atoms with Crippen molar-refractivity contribution in [3.63, 3.8) is 0 Å². The van der Waals surface area contributed by atoms with E-state index in [-0.39, 0.29) is 17.3 Å². The van der Waals surface area contributed by atoms with E-state index < -0.39 is 0 Å². The summed E-state index contributed by atoms with van der Waals surface area (Å²) in [5.74, 6) is 0.0101. The van der Waals surface area contributed by atoms with E-state index in [1.54, 1.807) is 49.5 Å². The SMILES string of the molecule is C/C=C/N/N=C(\C)c1cc2c(o1)C(=O)c1ccccc1C2=O. The Morgan fingerprint density at radius 1 is 1.14 bits per heavy atom. The van der Waals surface area contributed by atoms with E-state index in [2.05, 4.69) is 10.5 Å². The zero-order valence-corrected chi connectivity index (χ0v) is 12.2. The second-order valence-electron chi connectivity index (χ2n) is 4.88. The first-order chi connectivity index (χ1) is 10.6. The quantitative estimate of drug-likeness (QED) is 0.595. The van der Waals surface area contributed by atoms with Crippen LogP contribution in [0.5, 0.6) is 0 Å². The number of allylic oxidation sites excluding steroid dienone is 1. The lowest BCUT2D eigenvalue weighted by Crippen LogP contribution is -2.18. The summed E-state index contributed by atoms with van der Waals surface area (Å²) in [7, 11) is 0. The van der Waals surface area contributed by atoms with Crippen LogP contribution in [-0.4, -0.2) is 17.3 Å². The van der Waals surface area contributed by atoms with Crippen molar-refractivity contribution >= 4 is 17.3 Å². The predicted octanol–water partition coefficient (Wildman–Crippen LogP) is 2.90. The highest BCUT2D eigenvalue weighted by atomic mass is 16.4. The number of fused-ring (bicyclic) bond motifs is 2. The Morgan fingerprint density at radius 2 is 1.82 bits per heavy atom. The summed E-state index contributed by atoms with van der Waals surface area (Å²) in [4.78, 5) is 24.9. The third-order valence-electron chi connectivity index (χ3n) is 3.43. The van der Waals surface area contributed by atoms with Gasteiger partial charge in [0.25, 0.3) is 0 Å². The highest BCUT2D eigenvalue weighted by Crippen LogP contribution is 2.29. The van der Waals surface area contributed by atoms with Crippen LogP contribution in [0.1, 0.15) is 51.6 Å². The van der Waals surface area contributed by atoms with Gasteiger partial charge in [0.05, 0.1) is 5.56 Å². The molecule has 2 aromatic rings. The Morgan fingerprint density at radius 3 is 2.50 bits per heavy atom. The Balaban J connectivity index is 2.04. The zero-order valence-electron chi connectivity index (χ0n) is 12.2. The van der Waals surface area contributed by atoms with Crippen LogP contribution in [0.15, 0.2) is 52.1 Å². The maximum atomic E-state index is 12.5. The van der Waals surface area contributed by atoms with E-state index in [0.29, 0.717) is 28.2 Å². The van der Waals surface area contributed by atoms with Gasteiger partial charge in [0.2, 0.25) is 5.78 Å². The lowest BCUT2D eigenvalue weighted by atomic mass is 9.88. The fraction of sp³-hybridized carbons (Fsp3) is 0.118. The summed E-state index contributed by atoms with van der Waals surface area (Å²) in [6.45, 7) is 3.60. The fourth-order valence-corrected chi connectivity index (χ4v) is 2.32. The molecule has 110 valence electrons. The maximum absolute atomic E-state index is 12.5. The van der Waals surface area contributed by atoms with E-state index in [1.165, 1.54) is 0 Å². The molecule has 0 bridgehead atoms. The average molecular weight is 294 g/mol. The largest absolute Gasteiger partial charge is 0.450 e. The number of carbonyl (C=O) groups excluding carboxylic acids is 2. The number of carbonyl (C=O) groups is 2. The summed E-state index contributed by atoms with van der Waals surface area (Å²) in [5.41, 5.74) is 4.36. The standard InChI is InChI=1S/C17H14N2O3/c1-3-8-18-19-10(2)14-9-13-15(20)11-6-4-5-7-12(11)16(21)17(13)22-14/h3-9,18H,1-2H3/b8-3+,19-10+. The number of hydrogen-bond donors (Lipinski definition) is 1. The Bertz CT molecular complexity index is 776. The lowest BCUT2D eigenvalue weighted by molar-refractivity contribution is 0.0960. The number of rotatable bonds is 3. The van der Waals surface area contributed by atoms with Gasteiger partial charge in [-0.25, -0.2) is 0 Å². The second-order valence-corrected chi connectivity index (χ2v) is 4.88. The molecular formula is C17H14N2O3. The van der Waals surface area contributed by atoms with E-state index in [0.717, 1.165) is 0 Å². The van der Waals surface area contributed by atoms with Gasteiger partial charge in [-0.1, -0.05) is 30.3 Å². The van der Waals surface area contributed by atoms with Gasteiger partial charge in [0.1, 0.15) is 5.71 Å². The lowest BCUT2D eigenvalue weighted by Gasteiger charge is -2.11. The number of nitrogens with one attached hydrogen (secondary N) is 1. The van der Waals surface area contributed by atoms with Crippen LogP contribution in [0.4, 0.5) is 0 Å². The summed E-state index contributed by atoms with van der Waals surface area (Å²) in [6, 6.07) is 8.33. The minimum absolute atomic E-state index is 0.0827. The van der Waals surface area contributed by atoms with Gasteiger partial charge in [0.15, 0.2) is 17.3 Å². The molecule has 5 nitrogen and oxygen atoms in total. The highest BCUT2D eigenvalue weighted by Gasteiger charge is 2.33. The molecule has 0 saturated heterocycles. The van der Waals surface area contributed by atoms with Crippen LogP contribution >= 0.6 is 0 Å². The zero-order chi connectivity index (χ0) is 15.7. The molecule has 5 heteroatoms. The number of benzene rings is 1. The van der Waals surface area contributed by atoms with Crippen LogP contribution in [0.3, 0.4) is 0 Å². The first-order valence-electron chi connectivity index (χ1n) is 6.87. The summed E-state index contributed by atoms with van der Waals surface area (Å²) in [6.07, 6.45) is 3.46. The Labute approximate surface area is 127 Å². The van der Waals surface area contributed by atoms with Crippen molar-refractivity contribution in [1.82, 2.24) is 5.43 Å². The van der Waals surface area contributed by atoms with Crippen LogP contribution in [0, 0.1) is 0 Å². The minimum atomic E-state index is -0.273. The summed E-state index contributed by atoms with van der Waals surface area (Å²) < 4.78 is 5.57. The molecule has 1 aromatic carbocycles. The molecule has 1 aliphatic carbocycles. The topological polar surface area (TPSA) is 71.7 Å². The van der Waals surface area contributed by atoms with Crippen molar-refractivity contribution in [3.8, 4) is 0 Å². The molecule has 0 spiro atoms. The molecular weight excluding hydrogens is 280 g/mol. The molecule has 0 unspecified atom stereocenters. The number of hydrogen-bond acceptors (Lipinski definition) is 5. The molecule has 3 rings (SSSR count). The van der Waals surface area contributed by atoms with Crippen LogP contribution in [0.2, 0.25) is 0 Å². The molecule has 22 heavy (non-hydrogen) atoms. The van der Waals surface area contributed by atoms with Crippen LogP contribution in [0.25, 0.3) is 0 Å². The van der Waals surface area contributed by atoms with Crippen LogP contribution < -0.4 is 5.43 Å². The monoisotopic (exact) mass is 294 g/mol. The highest BCUT2D eigenvalue weighted by molar-refractivity contribution is 6.27. The van der Waals surface area contributed by atoms with Crippen molar-refractivity contribution in [2.75, 3.05) is 0 Å². The van der Waals surface area contributed by atoms with E-state index in [9.17, 15) is 9.59 Å². The third-order valence-corrected chi connectivity index (χ3v) is 3.43. The summed E-state index contributed by atoms with van der Waals surface area (Å²) in [5, 5.41) is 4.09. The first kappa shape index (κ1) is 14.0. The normalized spacial score (nSPS) is 14.2. The second kappa shape index (κ2) is 5.44. The van der Waals surface area contributed by atoms with E-state index >= 15 is 0 Å². The molecule has 0 fully saturated rings. The molecule has 1 N–H and O–H groups in total. The maximum Gasteiger partial charge on any atom is 0.229 e. The van der Waals surface area contributed by atoms with Gasteiger partial charge in [-0.3, -0.25) is 15.0 Å². The molecule has 0 saturated carbocycles. The van der Waals surface area contributed by atoms with Gasteiger partial charge in [-0.15, -0.1) is 0 Å². The van der Waals surface area contributed by atoms with E-state index in [4.69, 9.17) is 4.42 Å². The molecule has 1 heterocycles. The minimum Gasteiger partial charge on any atom is -0.450 e. The molecule has 0 atom stereocenters. The molecule has 1 aliphatic rings. The van der Waals surface area contributed by atoms with Crippen molar-refractivity contribution in [2.45, 2.75) is 13.8 Å². The fourth-order valence-electron chi connectivity index (χ4n) is 2.32. The van der Waals surface area contributed by atoms with Crippen LogP contribution in [-0.2, 0) is 0 Å². The molecule has 0 radical (unpaired) electrons. The first-order valence-corrected chi connectivity index (χ1v) is 6.87. The van der Waals surface area contributed by atoms with Crippen molar-refractivity contribution in [1.29, 1.82) is 0 Å². The number of ketones is 2. The molecule has 0 amide bonds. The van der Waals surface area contributed by atoms with E-state index in [1.807, 2.05) is 6.92 Å². The molecule has 0 aliphatic heterocycles. The number of furan rings is 1. The third kappa shape index (κ3) is 2.16. The van der Waals surface area contributed by atoms with Crippen molar-refractivity contribution in [2.24, 2.45) is 5.10 Å². The Hall–Kier alpha value is -2.95. The van der Waals surface area contributed by atoms with Gasteiger partial charge in [0, 0.05) is 17.3 Å². The van der Waals surface area contributed by atoms with Crippen molar-refractivity contribution < 1.29 is 14.0 Å². The predicted molar refractivity (Wildman–Crippen MR) is 82.2 cm³/mol. The summed E-state index contributed by atoms with van der Waals surface area (Å²) >= 11 is 0. The average Bonchev–Trinajstić information content (AvgIpc) is 2.98. The number of hydrazone groups is 1. The number of nitrogens with zero attached hydrogens (tertiary/aromatic N) is 1. The van der Waals surface area contributed by atoms with Gasteiger partial charge < -0.3 is 4.42 Å². The molecule has 1 aromatic heterocycles. The van der Waals surface area contributed by atoms with Gasteiger partial charge in [-0.2, -0.15) is 5.10 Å². The van der Waals surface area contributed by atoms with Gasteiger partial charge >= 0.3 is 0 Å². The Kier molecular flexibility index (Phi) is 3.47. The van der Waals surface area contributed by atoms with Gasteiger partial charge in [-0.05, 0) is 19.9 Å².